The lowest BCUT2D eigenvalue weighted by Gasteiger charge is -2.15. The summed E-state index contributed by atoms with van der Waals surface area (Å²) >= 11 is 11.7. The van der Waals surface area contributed by atoms with E-state index >= 15 is 0 Å². The van der Waals surface area contributed by atoms with Gasteiger partial charge >= 0.3 is 0 Å². The number of aromatic nitrogens is 1. The van der Waals surface area contributed by atoms with Gasteiger partial charge in [0.05, 0.1) is 10.0 Å². The van der Waals surface area contributed by atoms with Crippen molar-refractivity contribution in [1.82, 2.24) is 4.98 Å². The Bertz CT molecular complexity index is 602. The molecule has 1 aromatic heterocycles. The molecule has 0 bridgehead atoms. The van der Waals surface area contributed by atoms with Crippen LogP contribution >= 0.6 is 23.2 Å². The van der Waals surface area contributed by atoms with Crippen LogP contribution in [0.2, 0.25) is 10.0 Å². The zero-order valence-corrected chi connectivity index (χ0v) is 12.2. The highest BCUT2D eigenvalue weighted by atomic mass is 35.5. The van der Waals surface area contributed by atoms with Crippen molar-refractivity contribution >= 4 is 34.9 Å². The van der Waals surface area contributed by atoms with E-state index in [4.69, 9.17) is 27.9 Å². The summed E-state index contributed by atoms with van der Waals surface area (Å²) in [6.07, 6.45) is 0.754. The Morgan fingerprint density at radius 2 is 2.00 bits per heavy atom. The maximum atomic E-state index is 12.0. The van der Waals surface area contributed by atoms with Gasteiger partial charge in [0.25, 0.3) is 5.91 Å². The summed E-state index contributed by atoms with van der Waals surface area (Å²) in [5.74, 6) is 0.551. The minimum atomic E-state index is -0.702. The molecule has 1 N–H and O–H groups in total. The van der Waals surface area contributed by atoms with Crippen LogP contribution in [0.1, 0.15) is 6.92 Å². The highest BCUT2D eigenvalue weighted by Gasteiger charge is 2.16. The Hall–Kier alpha value is -1.78. The summed E-state index contributed by atoms with van der Waals surface area (Å²) < 4.78 is 5.51. The first kappa shape index (κ1) is 14.6. The molecule has 2 aromatic rings. The predicted octanol–water partition coefficient (Wildman–Crippen LogP) is 3.79. The van der Waals surface area contributed by atoms with Crippen LogP contribution in [0.5, 0.6) is 5.75 Å². The first-order valence-electron chi connectivity index (χ1n) is 5.90. The van der Waals surface area contributed by atoms with E-state index in [0.717, 1.165) is 0 Å². The molecule has 2 rings (SSSR count). The molecule has 0 saturated heterocycles. The van der Waals surface area contributed by atoms with E-state index in [1.54, 1.807) is 43.3 Å². The van der Waals surface area contributed by atoms with Gasteiger partial charge < -0.3 is 10.1 Å². The van der Waals surface area contributed by atoms with Crippen LogP contribution in [-0.4, -0.2) is 17.0 Å². The third-order valence-electron chi connectivity index (χ3n) is 2.49. The zero-order chi connectivity index (χ0) is 14.5. The SMILES string of the molecule is C[C@@H](Oc1ccccc1Cl)C(=O)Nc1ccc(Cl)cn1. The molecule has 6 heteroatoms. The van der Waals surface area contributed by atoms with Gasteiger partial charge in [-0.2, -0.15) is 0 Å². The van der Waals surface area contributed by atoms with E-state index in [1.807, 2.05) is 0 Å². The number of pyridine rings is 1. The molecule has 0 unspecified atom stereocenters. The highest BCUT2D eigenvalue weighted by molar-refractivity contribution is 6.32. The average Bonchev–Trinajstić information content (AvgIpc) is 2.44. The first-order valence-corrected chi connectivity index (χ1v) is 6.65. The van der Waals surface area contributed by atoms with Gasteiger partial charge in [0.1, 0.15) is 11.6 Å². The van der Waals surface area contributed by atoms with Gasteiger partial charge in [0.2, 0.25) is 0 Å². The van der Waals surface area contributed by atoms with E-state index in [0.29, 0.717) is 21.6 Å². The molecular formula is C14H12Cl2N2O2. The lowest BCUT2D eigenvalue weighted by Crippen LogP contribution is -2.30. The van der Waals surface area contributed by atoms with Crippen LogP contribution in [0, 0.1) is 0 Å². The van der Waals surface area contributed by atoms with Gasteiger partial charge in [0, 0.05) is 6.20 Å². The van der Waals surface area contributed by atoms with E-state index in [2.05, 4.69) is 10.3 Å². The largest absolute Gasteiger partial charge is 0.479 e. The standard InChI is InChI=1S/C14H12Cl2N2O2/c1-9(20-12-5-3-2-4-11(12)16)14(19)18-13-7-6-10(15)8-17-13/h2-9H,1H3,(H,17,18,19)/t9-/m1/s1. The number of halogens is 2. The van der Waals surface area contributed by atoms with Crippen molar-refractivity contribution < 1.29 is 9.53 Å². The number of hydrogen-bond donors (Lipinski definition) is 1. The maximum absolute atomic E-state index is 12.0. The topological polar surface area (TPSA) is 51.2 Å². The number of carbonyl (C=O) groups is 1. The highest BCUT2D eigenvalue weighted by Crippen LogP contribution is 2.24. The molecule has 1 amide bonds. The summed E-state index contributed by atoms with van der Waals surface area (Å²) in [7, 11) is 0. The quantitative estimate of drug-likeness (QED) is 0.934. The molecule has 1 heterocycles. The monoisotopic (exact) mass is 310 g/mol. The van der Waals surface area contributed by atoms with E-state index in [-0.39, 0.29) is 5.91 Å². The molecular weight excluding hydrogens is 299 g/mol. The summed E-state index contributed by atoms with van der Waals surface area (Å²) in [6, 6.07) is 10.2. The minimum Gasteiger partial charge on any atom is -0.479 e. The van der Waals surface area contributed by atoms with Crippen LogP contribution in [0.15, 0.2) is 42.6 Å². The number of hydrogen-bond acceptors (Lipinski definition) is 3. The minimum absolute atomic E-state index is 0.320. The van der Waals surface area contributed by atoms with Crippen molar-refractivity contribution in [3.05, 3.63) is 52.6 Å². The number of para-hydroxylation sites is 1. The van der Waals surface area contributed by atoms with Crippen LogP contribution in [0.25, 0.3) is 0 Å². The molecule has 0 radical (unpaired) electrons. The Balaban J connectivity index is 1.99. The van der Waals surface area contributed by atoms with Gasteiger partial charge in [-0.15, -0.1) is 0 Å². The van der Waals surface area contributed by atoms with Gasteiger partial charge in [-0.1, -0.05) is 35.3 Å². The summed E-state index contributed by atoms with van der Waals surface area (Å²) in [6.45, 7) is 1.63. The van der Waals surface area contributed by atoms with Gasteiger partial charge in [-0.05, 0) is 31.2 Å². The predicted molar refractivity (Wildman–Crippen MR) is 79.4 cm³/mol. The number of amides is 1. The van der Waals surface area contributed by atoms with E-state index in [1.165, 1.54) is 6.20 Å². The Morgan fingerprint density at radius 3 is 2.65 bits per heavy atom. The summed E-state index contributed by atoms with van der Waals surface area (Å²) in [5, 5.41) is 3.59. The Morgan fingerprint density at radius 1 is 1.25 bits per heavy atom. The Kier molecular flexibility index (Phi) is 4.82. The molecule has 20 heavy (non-hydrogen) atoms. The number of ether oxygens (including phenoxy) is 1. The molecule has 0 aliphatic heterocycles. The van der Waals surface area contributed by atoms with Crippen LogP contribution < -0.4 is 10.1 Å². The molecule has 104 valence electrons. The Labute approximate surface area is 126 Å². The van der Waals surface area contributed by atoms with Crippen LogP contribution in [0.3, 0.4) is 0 Å². The van der Waals surface area contributed by atoms with Crippen molar-refractivity contribution in [1.29, 1.82) is 0 Å². The van der Waals surface area contributed by atoms with Crippen molar-refractivity contribution in [2.75, 3.05) is 5.32 Å². The smallest absolute Gasteiger partial charge is 0.266 e. The van der Waals surface area contributed by atoms with Crippen LogP contribution in [-0.2, 0) is 4.79 Å². The third-order valence-corrected chi connectivity index (χ3v) is 3.02. The van der Waals surface area contributed by atoms with Crippen molar-refractivity contribution in [3.63, 3.8) is 0 Å². The van der Waals surface area contributed by atoms with Gasteiger partial charge in [-0.3, -0.25) is 4.79 Å². The van der Waals surface area contributed by atoms with Crippen molar-refractivity contribution in [3.8, 4) is 5.75 Å². The first-order chi connectivity index (χ1) is 9.56. The lowest BCUT2D eigenvalue weighted by atomic mass is 10.3. The molecule has 1 aromatic carbocycles. The van der Waals surface area contributed by atoms with Gasteiger partial charge in [0.15, 0.2) is 6.10 Å². The number of nitrogens with one attached hydrogen (secondary N) is 1. The fourth-order valence-electron chi connectivity index (χ4n) is 1.46. The molecule has 1 atom stereocenters. The second kappa shape index (κ2) is 6.59. The molecule has 0 saturated carbocycles. The van der Waals surface area contributed by atoms with Crippen molar-refractivity contribution in [2.45, 2.75) is 13.0 Å². The zero-order valence-electron chi connectivity index (χ0n) is 10.6. The van der Waals surface area contributed by atoms with E-state index < -0.39 is 6.10 Å². The van der Waals surface area contributed by atoms with Crippen LogP contribution in [0.4, 0.5) is 5.82 Å². The average molecular weight is 311 g/mol. The van der Waals surface area contributed by atoms with E-state index in [9.17, 15) is 4.79 Å². The second-order valence-corrected chi connectivity index (χ2v) is 4.89. The molecule has 0 spiro atoms. The second-order valence-electron chi connectivity index (χ2n) is 4.04. The third kappa shape index (κ3) is 3.85. The summed E-state index contributed by atoms with van der Waals surface area (Å²) in [4.78, 5) is 15.9. The molecule has 0 fully saturated rings. The summed E-state index contributed by atoms with van der Waals surface area (Å²) in [5.41, 5.74) is 0. The lowest BCUT2D eigenvalue weighted by molar-refractivity contribution is -0.122. The van der Waals surface area contributed by atoms with Crippen molar-refractivity contribution in [2.24, 2.45) is 0 Å². The number of carbonyl (C=O) groups excluding carboxylic acids is 1. The normalized spacial score (nSPS) is 11.8. The molecule has 0 aliphatic carbocycles. The fraction of sp³-hybridized carbons (Fsp3) is 0.143. The number of rotatable bonds is 4. The molecule has 0 aliphatic rings. The fourth-order valence-corrected chi connectivity index (χ4v) is 1.75. The maximum Gasteiger partial charge on any atom is 0.266 e. The number of benzene rings is 1. The molecule has 4 nitrogen and oxygen atoms in total. The number of nitrogens with zero attached hydrogens (tertiary/aromatic N) is 1. The number of anilines is 1. The van der Waals surface area contributed by atoms with Gasteiger partial charge in [-0.25, -0.2) is 4.98 Å².